The van der Waals surface area contributed by atoms with Crippen LogP contribution in [0.3, 0.4) is 0 Å². The first-order chi connectivity index (χ1) is 13.7. The van der Waals surface area contributed by atoms with E-state index >= 15 is 0 Å². The van der Waals surface area contributed by atoms with Gasteiger partial charge < -0.3 is 9.64 Å². The van der Waals surface area contributed by atoms with Gasteiger partial charge >= 0.3 is 0 Å². The Bertz CT molecular complexity index is 900. The zero-order valence-electron chi connectivity index (χ0n) is 16.0. The number of amidine groups is 1. The Kier molecular flexibility index (Phi) is 5.81. The Labute approximate surface area is 170 Å². The minimum Gasteiger partial charge on any atom is -0.496 e. The van der Waals surface area contributed by atoms with E-state index in [1.807, 2.05) is 30.3 Å². The number of piperidine rings is 1. The van der Waals surface area contributed by atoms with Crippen LogP contribution in [-0.4, -0.2) is 36.2 Å². The van der Waals surface area contributed by atoms with Crippen molar-refractivity contribution in [2.75, 3.05) is 20.2 Å². The molecule has 0 N–H and O–H groups in total. The van der Waals surface area contributed by atoms with Crippen LogP contribution in [0, 0.1) is 5.92 Å². The third kappa shape index (κ3) is 4.30. The average molecular weight is 393 g/mol. The number of likely N-dealkylation sites (tertiary alicyclic amines) is 1. The number of carbonyl (C=O) groups excluding carboxylic acids is 1. The molecule has 0 radical (unpaired) electrons. The number of methoxy groups -OCH3 is 1. The first kappa shape index (κ1) is 18.8. The molecule has 1 saturated heterocycles. The van der Waals surface area contributed by atoms with Crippen molar-refractivity contribution in [3.05, 3.63) is 70.6 Å². The molecule has 4 rings (SSSR count). The quantitative estimate of drug-likeness (QED) is 0.712. The molecule has 1 fully saturated rings. The molecule has 0 atom stereocenters. The molecule has 1 amide bonds. The molecule has 144 valence electrons. The van der Waals surface area contributed by atoms with Gasteiger partial charge in [0, 0.05) is 18.7 Å². The number of amides is 1. The van der Waals surface area contributed by atoms with Gasteiger partial charge in [-0.3, -0.25) is 4.79 Å². The van der Waals surface area contributed by atoms with Gasteiger partial charge in [0.2, 0.25) is 0 Å². The van der Waals surface area contributed by atoms with Gasteiger partial charge in [-0.15, -0.1) is 0 Å². The fourth-order valence-electron chi connectivity index (χ4n) is 3.74. The summed E-state index contributed by atoms with van der Waals surface area (Å²) in [4.78, 5) is 19.6. The predicted octanol–water partition coefficient (Wildman–Crippen LogP) is 4.62. The van der Waals surface area contributed by atoms with Gasteiger partial charge in [-0.05, 0) is 54.6 Å². The minimum atomic E-state index is -0.155. The van der Waals surface area contributed by atoms with Crippen molar-refractivity contribution in [3.8, 4) is 5.75 Å². The van der Waals surface area contributed by atoms with E-state index in [-0.39, 0.29) is 5.91 Å². The van der Waals surface area contributed by atoms with Crippen LogP contribution in [-0.2, 0) is 11.2 Å². The van der Waals surface area contributed by atoms with Crippen molar-refractivity contribution < 1.29 is 9.53 Å². The second kappa shape index (κ2) is 8.65. The standard InChI is InChI=1S/C23H24N2O2S/c1-27-20-10-6-5-9-19(20)16-21-22(26)24-23(28-21)25-13-11-18(12-14-25)15-17-7-3-2-4-8-17/h2-10,16,18H,11-15H2,1H3. The fraction of sp³-hybridized carbons (Fsp3) is 0.304. The number of para-hydroxylation sites is 1. The van der Waals surface area contributed by atoms with E-state index in [0.717, 1.165) is 48.8 Å². The summed E-state index contributed by atoms with van der Waals surface area (Å²) in [6.07, 6.45) is 5.28. The number of carbonyl (C=O) groups is 1. The number of ether oxygens (including phenoxy) is 1. The summed E-state index contributed by atoms with van der Waals surface area (Å²) in [7, 11) is 1.64. The SMILES string of the molecule is COc1ccccc1C=C1SC(N2CCC(Cc3ccccc3)CC2)=NC1=O. The van der Waals surface area contributed by atoms with Crippen LogP contribution in [0.15, 0.2) is 64.5 Å². The van der Waals surface area contributed by atoms with Crippen LogP contribution in [0.4, 0.5) is 0 Å². The molecule has 2 heterocycles. The van der Waals surface area contributed by atoms with Crippen molar-refractivity contribution in [1.82, 2.24) is 4.90 Å². The van der Waals surface area contributed by atoms with Crippen molar-refractivity contribution in [3.63, 3.8) is 0 Å². The lowest BCUT2D eigenvalue weighted by molar-refractivity contribution is -0.113. The van der Waals surface area contributed by atoms with Gasteiger partial charge in [0.05, 0.1) is 12.0 Å². The molecule has 28 heavy (non-hydrogen) atoms. The molecule has 0 saturated carbocycles. The Morgan fingerprint density at radius 2 is 1.82 bits per heavy atom. The molecule has 2 aliphatic heterocycles. The number of hydrogen-bond donors (Lipinski definition) is 0. The highest BCUT2D eigenvalue weighted by molar-refractivity contribution is 8.18. The highest BCUT2D eigenvalue weighted by Crippen LogP contribution is 2.34. The maximum atomic E-state index is 12.4. The molecule has 2 aliphatic rings. The van der Waals surface area contributed by atoms with E-state index in [0.29, 0.717) is 10.8 Å². The molecule has 5 heteroatoms. The summed E-state index contributed by atoms with van der Waals surface area (Å²) in [5.74, 6) is 1.31. The maximum absolute atomic E-state index is 12.4. The normalized spacial score (nSPS) is 19.2. The minimum absolute atomic E-state index is 0.155. The summed E-state index contributed by atoms with van der Waals surface area (Å²) >= 11 is 1.48. The van der Waals surface area contributed by atoms with Gasteiger partial charge in [0.15, 0.2) is 5.17 Å². The van der Waals surface area contributed by atoms with Gasteiger partial charge in [-0.1, -0.05) is 48.5 Å². The van der Waals surface area contributed by atoms with Crippen molar-refractivity contribution in [2.45, 2.75) is 19.3 Å². The van der Waals surface area contributed by atoms with Crippen molar-refractivity contribution in [2.24, 2.45) is 10.9 Å². The lowest BCUT2D eigenvalue weighted by Gasteiger charge is -2.32. The molecule has 0 aromatic heterocycles. The van der Waals surface area contributed by atoms with E-state index in [2.05, 4.69) is 40.2 Å². The van der Waals surface area contributed by atoms with E-state index in [1.54, 1.807) is 7.11 Å². The summed E-state index contributed by atoms with van der Waals surface area (Å²) in [5, 5.41) is 0.837. The largest absolute Gasteiger partial charge is 0.496 e. The number of rotatable bonds is 4. The Hall–Kier alpha value is -2.53. The summed E-state index contributed by atoms with van der Waals surface area (Å²) in [5.41, 5.74) is 2.31. The predicted molar refractivity (Wildman–Crippen MR) is 115 cm³/mol. The topological polar surface area (TPSA) is 41.9 Å². The zero-order chi connectivity index (χ0) is 19.3. The van der Waals surface area contributed by atoms with E-state index < -0.39 is 0 Å². The Morgan fingerprint density at radius 1 is 1.11 bits per heavy atom. The van der Waals surface area contributed by atoms with E-state index in [1.165, 1.54) is 17.3 Å². The second-order valence-corrected chi connectivity index (χ2v) is 8.18. The van der Waals surface area contributed by atoms with E-state index in [9.17, 15) is 4.79 Å². The molecule has 0 aliphatic carbocycles. The number of aliphatic imine (C=N–C) groups is 1. The summed E-state index contributed by atoms with van der Waals surface area (Å²) < 4.78 is 5.38. The number of hydrogen-bond acceptors (Lipinski definition) is 4. The maximum Gasteiger partial charge on any atom is 0.286 e. The number of nitrogens with zero attached hydrogens (tertiary/aromatic N) is 2. The van der Waals surface area contributed by atoms with Crippen molar-refractivity contribution in [1.29, 1.82) is 0 Å². The Morgan fingerprint density at radius 3 is 2.57 bits per heavy atom. The van der Waals surface area contributed by atoms with Crippen LogP contribution in [0.25, 0.3) is 6.08 Å². The first-order valence-corrected chi connectivity index (χ1v) is 10.5. The third-order valence-electron chi connectivity index (χ3n) is 5.29. The lowest BCUT2D eigenvalue weighted by atomic mass is 9.90. The highest BCUT2D eigenvalue weighted by atomic mass is 32.2. The molecule has 2 aromatic rings. The fourth-order valence-corrected chi connectivity index (χ4v) is 4.69. The second-order valence-electron chi connectivity index (χ2n) is 7.17. The van der Waals surface area contributed by atoms with Gasteiger partial charge in [0.1, 0.15) is 5.75 Å². The van der Waals surface area contributed by atoms with Crippen molar-refractivity contribution >= 4 is 28.9 Å². The molecule has 0 bridgehead atoms. The average Bonchev–Trinajstić information content (AvgIpc) is 3.10. The van der Waals surface area contributed by atoms with Crippen LogP contribution in [0.1, 0.15) is 24.0 Å². The monoisotopic (exact) mass is 392 g/mol. The highest BCUT2D eigenvalue weighted by Gasteiger charge is 2.29. The summed E-state index contributed by atoms with van der Waals surface area (Å²) in [6.45, 7) is 1.91. The van der Waals surface area contributed by atoms with Crippen LogP contribution >= 0.6 is 11.8 Å². The summed E-state index contributed by atoms with van der Waals surface area (Å²) in [6, 6.07) is 18.4. The number of benzene rings is 2. The number of thioether (sulfide) groups is 1. The third-order valence-corrected chi connectivity index (χ3v) is 6.33. The first-order valence-electron chi connectivity index (χ1n) is 9.67. The molecular weight excluding hydrogens is 368 g/mol. The molecule has 0 unspecified atom stereocenters. The van der Waals surface area contributed by atoms with Crippen LogP contribution in [0.2, 0.25) is 0 Å². The van der Waals surface area contributed by atoms with Crippen LogP contribution in [0.5, 0.6) is 5.75 Å². The molecular formula is C23H24N2O2S. The molecule has 0 spiro atoms. The molecule has 2 aromatic carbocycles. The molecule has 4 nitrogen and oxygen atoms in total. The lowest BCUT2D eigenvalue weighted by Crippen LogP contribution is -2.37. The van der Waals surface area contributed by atoms with E-state index in [4.69, 9.17) is 4.74 Å². The van der Waals surface area contributed by atoms with Crippen LogP contribution < -0.4 is 4.74 Å². The van der Waals surface area contributed by atoms with Gasteiger partial charge in [-0.2, -0.15) is 4.99 Å². The zero-order valence-corrected chi connectivity index (χ0v) is 16.8. The smallest absolute Gasteiger partial charge is 0.286 e. The Balaban J connectivity index is 1.37. The van der Waals surface area contributed by atoms with Gasteiger partial charge in [-0.25, -0.2) is 0 Å². The van der Waals surface area contributed by atoms with Gasteiger partial charge in [0.25, 0.3) is 5.91 Å².